The van der Waals surface area contributed by atoms with Crippen LogP contribution in [-0.4, -0.2) is 33.8 Å². The quantitative estimate of drug-likeness (QED) is 0.535. The van der Waals surface area contributed by atoms with E-state index in [9.17, 15) is 0 Å². The number of guanidine groups is 1. The first-order chi connectivity index (χ1) is 12.3. The van der Waals surface area contributed by atoms with Crippen LogP contribution in [0.5, 0.6) is 0 Å². The van der Waals surface area contributed by atoms with Gasteiger partial charge in [0.05, 0.1) is 0 Å². The zero-order valence-electron chi connectivity index (χ0n) is 14.7. The van der Waals surface area contributed by atoms with Crippen LogP contribution in [0.4, 0.5) is 0 Å². The van der Waals surface area contributed by atoms with Gasteiger partial charge < -0.3 is 10.6 Å². The molecule has 0 amide bonds. The van der Waals surface area contributed by atoms with E-state index in [2.05, 4.69) is 75.1 Å². The summed E-state index contributed by atoms with van der Waals surface area (Å²) in [5.41, 5.74) is 1.32. The molecule has 0 unspecified atom stereocenters. The van der Waals surface area contributed by atoms with E-state index in [0.717, 1.165) is 31.3 Å². The number of aryl methyl sites for hydroxylation is 1. The van der Waals surface area contributed by atoms with Crippen LogP contribution in [0.2, 0.25) is 0 Å². The van der Waals surface area contributed by atoms with Gasteiger partial charge in [-0.15, -0.1) is 0 Å². The Kier molecular flexibility index (Phi) is 5.61. The van der Waals surface area contributed by atoms with Crippen LogP contribution < -0.4 is 10.6 Å². The molecule has 0 saturated carbocycles. The lowest BCUT2D eigenvalue weighted by molar-refractivity contribution is 0.697. The lowest BCUT2D eigenvalue weighted by Gasteiger charge is -2.11. The first kappa shape index (κ1) is 17.0. The molecule has 2 aromatic carbocycles. The van der Waals surface area contributed by atoms with Crippen LogP contribution in [0.25, 0.3) is 10.8 Å². The van der Waals surface area contributed by atoms with Crippen molar-refractivity contribution in [3.63, 3.8) is 0 Å². The van der Waals surface area contributed by atoms with Gasteiger partial charge in [0.2, 0.25) is 0 Å². The summed E-state index contributed by atoms with van der Waals surface area (Å²) in [5, 5.41) is 13.3. The molecule has 3 rings (SSSR count). The maximum Gasteiger partial charge on any atom is 0.191 e. The summed E-state index contributed by atoms with van der Waals surface area (Å²) >= 11 is 0. The van der Waals surface area contributed by atoms with Crippen molar-refractivity contribution in [2.45, 2.75) is 19.9 Å². The van der Waals surface area contributed by atoms with Crippen molar-refractivity contribution < 1.29 is 0 Å². The van der Waals surface area contributed by atoms with E-state index in [0.29, 0.717) is 6.54 Å². The van der Waals surface area contributed by atoms with Crippen molar-refractivity contribution in [2.24, 2.45) is 12.0 Å². The normalized spacial score (nSPS) is 11.7. The molecule has 0 atom stereocenters. The monoisotopic (exact) mass is 336 g/mol. The zero-order valence-corrected chi connectivity index (χ0v) is 14.7. The van der Waals surface area contributed by atoms with Crippen LogP contribution in [0.1, 0.15) is 18.3 Å². The maximum absolute atomic E-state index is 4.57. The lowest BCUT2D eigenvalue weighted by Crippen LogP contribution is -2.38. The summed E-state index contributed by atoms with van der Waals surface area (Å²) in [7, 11) is 1.87. The molecule has 25 heavy (non-hydrogen) atoms. The van der Waals surface area contributed by atoms with Crippen LogP contribution in [0.3, 0.4) is 0 Å². The third-order valence-electron chi connectivity index (χ3n) is 4.05. The average Bonchev–Trinajstić information content (AvgIpc) is 3.04. The Hall–Kier alpha value is -2.89. The Labute approximate surface area is 148 Å². The minimum Gasteiger partial charge on any atom is -0.357 e. The van der Waals surface area contributed by atoms with E-state index in [-0.39, 0.29) is 0 Å². The molecule has 0 aliphatic heterocycles. The number of hydrogen-bond acceptors (Lipinski definition) is 3. The Morgan fingerprint density at radius 1 is 1.12 bits per heavy atom. The molecule has 1 heterocycles. The first-order valence-electron chi connectivity index (χ1n) is 8.59. The predicted molar refractivity (Wildman–Crippen MR) is 101 cm³/mol. The van der Waals surface area contributed by atoms with Crippen molar-refractivity contribution in [2.75, 3.05) is 13.1 Å². The Morgan fingerprint density at radius 2 is 1.96 bits per heavy atom. The molecule has 0 fully saturated rings. The smallest absolute Gasteiger partial charge is 0.191 e. The summed E-state index contributed by atoms with van der Waals surface area (Å²) in [5.74, 6) is 1.64. The number of hydrogen-bond donors (Lipinski definition) is 2. The van der Waals surface area contributed by atoms with Crippen molar-refractivity contribution in [1.29, 1.82) is 0 Å². The lowest BCUT2D eigenvalue weighted by atomic mass is 10.1. The molecule has 130 valence electrons. The maximum atomic E-state index is 4.57. The fourth-order valence-electron chi connectivity index (χ4n) is 2.67. The van der Waals surface area contributed by atoms with Crippen molar-refractivity contribution in [3.8, 4) is 0 Å². The predicted octanol–water partition coefficient (Wildman–Crippen LogP) is 2.27. The number of benzene rings is 2. The summed E-state index contributed by atoms with van der Waals surface area (Å²) < 4.78 is 1.74. The van der Waals surface area contributed by atoms with E-state index in [4.69, 9.17) is 0 Å². The Morgan fingerprint density at radius 3 is 2.72 bits per heavy atom. The van der Waals surface area contributed by atoms with Gasteiger partial charge in [0.25, 0.3) is 0 Å². The zero-order chi connectivity index (χ0) is 17.5. The molecule has 6 heteroatoms. The highest BCUT2D eigenvalue weighted by Gasteiger charge is 2.02. The molecular formula is C19H24N6. The fourth-order valence-corrected chi connectivity index (χ4v) is 2.67. The topological polar surface area (TPSA) is 67.1 Å². The number of nitrogens with one attached hydrogen (secondary N) is 2. The SMILES string of the molecule is CCNC(=NCc1ncnn1C)NCCc1ccc2ccccc2c1. The summed E-state index contributed by atoms with van der Waals surface area (Å²) in [6.07, 6.45) is 2.49. The number of rotatable bonds is 6. The molecule has 6 nitrogen and oxygen atoms in total. The molecule has 0 spiro atoms. The molecule has 3 aromatic rings. The molecule has 1 aromatic heterocycles. The average molecular weight is 336 g/mol. The van der Waals surface area contributed by atoms with Crippen LogP contribution in [0.15, 0.2) is 53.8 Å². The van der Waals surface area contributed by atoms with Crippen molar-refractivity contribution >= 4 is 16.7 Å². The number of fused-ring (bicyclic) bond motifs is 1. The standard InChI is InChI=1S/C19H24N6/c1-3-20-19(22-13-18-23-14-24-25(18)2)21-11-10-15-8-9-16-6-4-5-7-17(16)12-15/h4-9,12,14H,3,10-11,13H2,1-2H3,(H2,20,21,22). The highest BCUT2D eigenvalue weighted by atomic mass is 15.3. The van der Waals surface area contributed by atoms with E-state index in [1.165, 1.54) is 16.3 Å². The third-order valence-corrected chi connectivity index (χ3v) is 4.05. The van der Waals surface area contributed by atoms with Gasteiger partial charge in [-0.2, -0.15) is 5.10 Å². The first-order valence-corrected chi connectivity index (χ1v) is 8.59. The summed E-state index contributed by atoms with van der Waals surface area (Å²) in [4.78, 5) is 8.76. The Bertz CT molecular complexity index is 852. The van der Waals surface area contributed by atoms with Gasteiger partial charge >= 0.3 is 0 Å². The van der Waals surface area contributed by atoms with Crippen LogP contribution in [-0.2, 0) is 20.0 Å². The molecular weight excluding hydrogens is 312 g/mol. The Balaban J connectivity index is 1.58. The molecule has 0 radical (unpaired) electrons. The number of nitrogens with zero attached hydrogens (tertiary/aromatic N) is 4. The van der Waals surface area contributed by atoms with E-state index in [1.807, 2.05) is 7.05 Å². The minimum absolute atomic E-state index is 0.502. The molecule has 0 bridgehead atoms. The largest absolute Gasteiger partial charge is 0.357 e. The highest BCUT2D eigenvalue weighted by Crippen LogP contribution is 2.15. The second-order valence-corrected chi connectivity index (χ2v) is 5.85. The molecule has 2 N–H and O–H groups in total. The van der Waals surface area contributed by atoms with Gasteiger partial charge in [0, 0.05) is 20.1 Å². The van der Waals surface area contributed by atoms with Gasteiger partial charge in [-0.05, 0) is 29.7 Å². The van der Waals surface area contributed by atoms with Gasteiger partial charge in [-0.25, -0.2) is 9.98 Å². The molecule has 0 saturated heterocycles. The van der Waals surface area contributed by atoms with E-state index in [1.54, 1.807) is 11.0 Å². The summed E-state index contributed by atoms with van der Waals surface area (Å²) in [6, 6.07) is 15.1. The molecule has 0 aliphatic carbocycles. The van der Waals surface area contributed by atoms with Crippen LogP contribution >= 0.6 is 0 Å². The highest BCUT2D eigenvalue weighted by molar-refractivity contribution is 5.83. The number of aliphatic imine (C=N–C) groups is 1. The fraction of sp³-hybridized carbons (Fsp3) is 0.316. The van der Waals surface area contributed by atoms with Gasteiger partial charge in [0.15, 0.2) is 5.96 Å². The minimum atomic E-state index is 0.502. The van der Waals surface area contributed by atoms with Gasteiger partial charge in [-0.1, -0.05) is 42.5 Å². The summed E-state index contributed by atoms with van der Waals surface area (Å²) in [6.45, 7) is 4.20. The number of aromatic nitrogens is 3. The second kappa shape index (κ2) is 8.28. The van der Waals surface area contributed by atoms with Gasteiger partial charge in [0.1, 0.15) is 18.7 Å². The second-order valence-electron chi connectivity index (χ2n) is 5.85. The van der Waals surface area contributed by atoms with Crippen LogP contribution in [0, 0.1) is 0 Å². The van der Waals surface area contributed by atoms with Crippen molar-refractivity contribution in [1.82, 2.24) is 25.4 Å². The van der Waals surface area contributed by atoms with Gasteiger partial charge in [-0.3, -0.25) is 4.68 Å². The molecule has 0 aliphatic rings. The van der Waals surface area contributed by atoms with E-state index >= 15 is 0 Å². The van der Waals surface area contributed by atoms with E-state index < -0.39 is 0 Å². The third kappa shape index (κ3) is 4.56. The van der Waals surface area contributed by atoms with Crippen molar-refractivity contribution in [3.05, 3.63) is 60.2 Å².